The molecule has 2 aliphatic rings. The number of nitrogens with one attached hydrogen (secondary N) is 1. The average molecular weight is 288 g/mol. The Morgan fingerprint density at radius 1 is 1.15 bits per heavy atom. The summed E-state index contributed by atoms with van der Waals surface area (Å²) in [5, 5.41) is 8.97. The second-order valence-corrected chi connectivity index (χ2v) is 6.31. The number of halogens is 1. The average Bonchev–Trinajstić information content (AvgIpc) is 3.37. The van der Waals surface area contributed by atoms with E-state index in [2.05, 4.69) is 15.1 Å². The first-order chi connectivity index (χ1) is 9.81. The molecule has 0 amide bonds. The molecule has 2 aromatic rings. The van der Waals surface area contributed by atoms with E-state index in [1.54, 1.807) is 0 Å². The van der Waals surface area contributed by atoms with Crippen LogP contribution in [0.5, 0.6) is 0 Å². The van der Waals surface area contributed by atoms with E-state index in [4.69, 9.17) is 11.6 Å². The minimum atomic E-state index is 0.684. The van der Waals surface area contributed by atoms with E-state index in [9.17, 15) is 0 Å². The fraction of sp³-hybridized carbons (Fsp3) is 0.438. The number of nitrogens with zero attached hydrogens (tertiary/aromatic N) is 2. The molecule has 0 spiro atoms. The molecule has 0 radical (unpaired) electrons. The molecular formula is C16H18ClN3. The summed E-state index contributed by atoms with van der Waals surface area (Å²) in [4.78, 5) is 0. The van der Waals surface area contributed by atoms with Crippen LogP contribution in [0.1, 0.15) is 42.9 Å². The van der Waals surface area contributed by atoms with Crippen LogP contribution < -0.4 is 5.32 Å². The summed E-state index contributed by atoms with van der Waals surface area (Å²) in [7, 11) is 0. The minimum absolute atomic E-state index is 0.684. The van der Waals surface area contributed by atoms with Crippen LogP contribution in [0.15, 0.2) is 30.5 Å². The van der Waals surface area contributed by atoms with Gasteiger partial charge in [-0.05, 0) is 49.9 Å². The molecule has 1 heterocycles. The van der Waals surface area contributed by atoms with Gasteiger partial charge in [-0.2, -0.15) is 5.10 Å². The normalized spacial score (nSPS) is 18.4. The van der Waals surface area contributed by atoms with Gasteiger partial charge in [-0.1, -0.05) is 11.6 Å². The van der Waals surface area contributed by atoms with E-state index >= 15 is 0 Å². The minimum Gasteiger partial charge on any atom is -0.310 e. The number of hydrogen-bond donors (Lipinski definition) is 1. The molecule has 104 valence electrons. The molecule has 4 heteroatoms. The second kappa shape index (κ2) is 4.90. The summed E-state index contributed by atoms with van der Waals surface area (Å²) in [5.41, 5.74) is 3.85. The molecule has 0 atom stereocenters. The lowest BCUT2D eigenvalue weighted by molar-refractivity contribution is 0.679. The van der Waals surface area contributed by atoms with Crippen molar-refractivity contribution in [3.05, 3.63) is 46.7 Å². The van der Waals surface area contributed by atoms with Crippen molar-refractivity contribution in [3.8, 4) is 5.69 Å². The molecule has 2 aliphatic carbocycles. The standard InChI is InChI=1S/C16H18ClN3/c17-13-3-7-15(8-4-13)20-16(11-1-2-11)12(10-19-20)9-18-14-5-6-14/h3-4,7-8,10-11,14,18H,1-2,5-6,9H2. The molecule has 1 aromatic heterocycles. The SMILES string of the molecule is Clc1ccc(-n2ncc(CNC3CC3)c2C2CC2)cc1. The first-order valence-corrected chi connectivity index (χ1v) is 7.75. The number of hydrogen-bond acceptors (Lipinski definition) is 2. The second-order valence-electron chi connectivity index (χ2n) is 5.87. The Bertz CT molecular complexity index is 609. The molecule has 4 rings (SSSR count). The van der Waals surface area contributed by atoms with Crippen LogP contribution in [-0.4, -0.2) is 15.8 Å². The van der Waals surface area contributed by atoms with Gasteiger partial charge in [0.15, 0.2) is 0 Å². The van der Waals surface area contributed by atoms with Gasteiger partial charge >= 0.3 is 0 Å². The van der Waals surface area contributed by atoms with Crippen LogP contribution in [-0.2, 0) is 6.54 Å². The monoisotopic (exact) mass is 287 g/mol. The van der Waals surface area contributed by atoms with Crippen LogP contribution >= 0.6 is 11.6 Å². The lowest BCUT2D eigenvalue weighted by atomic mass is 10.1. The largest absolute Gasteiger partial charge is 0.310 e. The van der Waals surface area contributed by atoms with Crippen molar-refractivity contribution < 1.29 is 0 Å². The maximum absolute atomic E-state index is 5.97. The van der Waals surface area contributed by atoms with Crippen LogP contribution in [0, 0.1) is 0 Å². The fourth-order valence-corrected chi connectivity index (χ4v) is 2.78. The van der Waals surface area contributed by atoms with E-state index in [1.807, 2.05) is 30.5 Å². The molecule has 0 unspecified atom stereocenters. The molecule has 0 bridgehead atoms. The van der Waals surface area contributed by atoms with Crippen molar-refractivity contribution in [1.82, 2.24) is 15.1 Å². The lowest BCUT2D eigenvalue weighted by Gasteiger charge is -2.09. The first kappa shape index (κ1) is 12.4. The highest BCUT2D eigenvalue weighted by Crippen LogP contribution is 2.42. The van der Waals surface area contributed by atoms with Crippen molar-refractivity contribution in [1.29, 1.82) is 0 Å². The van der Waals surface area contributed by atoms with Gasteiger partial charge in [-0.15, -0.1) is 0 Å². The Hall–Kier alpha value is -1.32. The van der Waals surface area contributed by atoms with Crippen molar-refractivity contribution in [2.24, 2.45) is 0 Å². The van der Waals surface area contributed by atoms with Crippen molar-refractivity contribution in [2.75, 3.05) is 0 Å². The summed E-state index contributed by atoms with van der Waals surface area (Å²) < 4.78 is 2.10. The van der Waals surface area contributed by atoms with Crippen molar-refractivity contribution >= 4 is 11.6 Å². The van der Waals surface area contributed by atoms with E-state index < -0.39 is 0 Å². The highest BCUT2D eigenvalue weighted by molar-refractivity contribution is 6.30. The molecule has 20 heavy (non-hydrogen) atoms. The summed E-state index contributed by atoms with van der Waals surface area (Å²) in [5.74, 6) is 0.684. The van der Waals surface area contributed by atoms with Gasteiger partial charge in [-0.25, -0.2) is 4.68 Å². The third kappa shape index (κ3) is 2.48. The predicted molar refractivity (Wildman–Crippen MR) is 80.4 cm³/mol. The van der Waals surface area contributed by atoms with E-state index in [-0.39, 0.29) is 0 Å². The van der Waals surface area contributed by atoms with Gasteiger partial charge in [0.05, 0.1) is 17.6 Å². The van der Waals surface area contributed by atoms with Crippen LogP contribution in [0.25, 0.3) is 5.69 Å². The zero-order chi connectivity index (χ0) is 13.5. The lowest BCUT2D eigenvalue weighted by Crippen LogP contribution is -2.16. The number of benzene rings is 1. The first-order valence-electron chi connectivity index (χ1n) is 7.37. The fourth-order valence-electron chi connectivity index (χ4n) is 2.65. The molecule has 2 fully saturated rings. The van der Waals surface area contributed by atoms with Crippen LogP contribution in [0.2, 0.25) is 5.02 Å². The zero-order valence-electron chi connectivity index (χ0n) is 11.3. The van der Waals surface area contributed by atoms with Gasteiger partial charge in [0.2, 0.25) is 0 Å². The van der Waals surface area contributed by atoms with Crippen molar-refractivity contribution in [2.45, 2.75) is 44.2 Å². The number of rotatable bonds is 5. The molecule has 0 aliphatic heterocycles. The molecule has 1 aromatic carbocycles. The smallest absolute Gasteiger partial charge is 0.0650 e. The van der Waals surface area contributed by atoms with Gasteiger partial charge in [0, 0.05) is 29.1 Å². The van der Waals surface area contributed by atoms with E-state index in [1.165, 1.54) is 36.9 Å². The van der Waals surface area contributed by atoms with Gasteiger partial charge in [0.1, 0.15) is 0 Å². The van der Waals surface area contributed by atoms with E-state index in [0.29, 0.717) is 5.92 Å². The summed E-state index contributed by atoms with van der Waals surface area (Å²) in [6, 6.07) is 8.67. The molecular weight excluding hydrogens is 270 g/mol. The third-order valence-corrected chi connectivity index (χ3v) is 4.33. The Morgan fingerprint density at radius 2 is 1.90 bits per heavy atom. The van der Waals surface area contributed by atoms with Gasteiger partial charge in [0.25, 0.3) is 0 Å². The zero-order valence-corrected chi connectivity index (χ0v) is 12.1. The molecule has 3 nitrogen and oxygen atoms in total. The Labute approximate surface area is 123 Å². The Morgan fingerprint density at radius 3 is 2.55 bits per heavy atom. The summed E-state index contributed by atoms with van der Waals surface area (Å²) in [6.07, 6.45) is 7.25. The summed E-state index contributed by atoms with van der Waals surface area (Å²) in [6.45, 7) is 0.949. The molecule has 1 N–H and O–H groups in total. The molecule has 0 saturated heterocycles. The highest BCUT2D eigenvalue weighted by atomic mass is 35.5. The Balaban J connectivity index is 1.65. The summed E-state index contributed by atoms with van der Waals surface area (Å²) >= 11 is 5.97. The third-order valence-electron chi connectivity index (χ3n) is 4.08. The van der Waals surface area contributed by atoms with Gasteiger partial charge < -0.3 is 5.32 Å². The maximum Gasteiger partial charge on any atom is 0.0650 e. The highest BCUT2D eigenvalue weighted by Gasteiger charge is 2.31. The van der Waals surface area contributed by atoms with E-state index in [0.717, 1.165) is 23.3 Å². The maximum atomic E-state index is 5.97. The number of aromatic nitrogens is 2. The quantitative estimate of drug-likeness (QED) is 0.909. The van der Waals surface area contributed by atoms with Crippen LogP contribution in [0.4, 0.5) is 0 Å². The van der Waals surface area contributed by atoms with Crippen LogP contribution in [0.3, 0.4) is 0 Å². The van der Waals surface area contributed by atoms with Gasteiger partial charge in [-0.3, -0.25) is 0 Å². The Kier molecular flexibility index (Phi) is 3.04. The van der Waals surface area contributed by atoms with Crippen molar-refractivity contribution in [3.63, 3.8) is 0 Å². The molecule has 2 saturated carbocycles. The predicted octanol–water partition coefficient (Wildman–Crippen LogP) is 3.66. The topological polar surface area (TPSA) is 29.9 Å².